The van der Waals surface area contributed by atoms with Crippen LogP contribution in [0.3, 0.4) is 0 Å². The molecule has 0 aliphatic carbocycles. The number of methoxy groups -OCH3 is 1. The van der Waals surface area contributed by atoms with E-state index in [0.29, 0.717) is 6.54 Å². The molecule has 1 aliphatic heterocycles. The molecule has 0 aromatic heterocycles. The van der Waals surface area contributed by atoms with Crippen molar-refractivity contribution in [2.75, 3.05) is 7.11 Å². The van der Waals surface area contributed by atoms with Crippen molar-refractivity contribution in [2.24, 2.45) is 5.73 Å². The van der Waals surface area contributed by atoms with Gasteiger partial charge in [0, 0.05) is 12.1 Å². The van der Waals surface area contributed by atoms with E-state index in [2.05, 4.69) is 6.07 Å². The molecule has 0 bridgehead atoms. The van der Waals surface area contributed by atoms with Crippen LogP contribution in [0, 0.1) is 6.92 Å². The molecule has 1 fully saturated rings. The van der Waals surface area contributed by atoms with Gasteiger partial charge in [0.2, 0.25) is 0 Å². The van der Waals surface area contributed by atoms with Gasteiger partial charge in [-0.25, -0.2) is 0 Å². The summed E-state index contributed by atoms with van der Waals surface area (Å²) in [5.74, 6) is 0.789. The van der Waals surface area contributed by atoms with Crippen LogP contribution in [0.15, 0.2) is 12.1 Å². The third-order valence-corrected chi connectivity index (χ3v) is 4.40. The van der Waals surface area contributed by atoms with E-state index in [1.54, 1.807) is 7.11 Å². The molecule has 110 valence electrons. The summed E-state index contributed by atoms with van der Waals surface area (Å²) in [4.78, 5) is 0. The van der Waals surface area contributed by atoms with Crippen LogP contribution in [-0.2, 0) is 15.9 Å². The van der Waals surface area contributed by atoms with Gasteiger partial charge in [0.25, 0.3) is 0 Å². The van der Waals surface area contributed by atoms with Gasteiger partial charge in [-0.3, -0.25) is 0 Å². The van der Waals surface area contributed by atoms with Crippen molar-refractivity contribution in [3.05, 3.63) is 23.3 Å². The number of ether oxygens (including phenoxy) is 1. The largest absolute Gasteiger partial charge is 0.496 e. The van der Waals surface area contributed by atoms with E-state index in [9.17, 15) is 0 Å². The van der Waals surface area contributed by atoms with Gasteiger partial charge < -0.3 is 19.8 Å². The maximum atomic E-state index is 6.07. The predicted molar refractivity (Wildman–Crippen MR) is 81.3 cm³/mol. The van der Waals surface area contributed by atoms with Crippen LogP contribution in [0.4, 0.5) is 0 Å². The van der Waals surface area contributed by atoms with Crippen LogP contribution in [0.5, 0.6) is 5.75 Å². The Labute approximate surface area is 121 Å². The SMILES string of the molecule is COc1cc(B2OC(C)(C)C(C)(C)O2)cc(C)c1CN. The van der Waals surface area contributed by atoms with E-state index < -0.39 is 0 Å². The molecule has 4 nitrogen and oxygen atoms in total. The molecule has 0 saturated carbocycles. The lowest BCUT2D eigenvalue weighted by molar-refractivity contribution is 0.00578. The first kappa shape index (κ1) is 15.4. The monoisotopic (exact) mass is 277 g/mol. The number of rotatable bonds is 3. The fraction of sp³-hybridized carbons (Fsp3) is 0.600. The first-order valence-corrected chi connectivity index (χ1v) is 6.95. The molecular weight excluding hydrogens is 253 g/mol. The fourth-order valence-electron chi connectivity index (χ4n) is 2.37. The Hall–Kier alpha value is -1.04. The summed E-state index contributed by atoms with van der Waals surface area (Å²) in [6, 6.07) is 4.02. The zero-order valence-electron chi connectivity index (χ0n) is 13.2. The highest BCUT2D eigenvalue weighted by Gasteiger charge is 2.51. The summed E-state index contributed by atoms with van der Waals surface area (Å²) in [6.07, 6.45) is 0. The highest BCUT2D eigenvalue weighted by Crippen LogP contribution is 2.37. The second-order valence-corrected chi connectivity index (χ2v) is 6.31. The predicted octanol–water partition coefficient (Wildman–Crippen LogP) is 1.76. The lowest BCUT2D eigenvalue weighted by Gasteiger charge is -2.32. The number of nitrogens with two attached hydrogens (primary N) is 1. The molecule has 20 heavy (non-hydrogen) atoms. The molecule has 0 amide bonds. The van der Waals surface area contributed by atoms with Gasteiger partial charge in [0.1, 0.15) is 5.75 Å². The Balaban J connectivity index is 2.38. The Morgan fingerprint density at radius 2 is 1.70 bits per heavy atom. The molecule has 1 saturated heterocycles. The van der Waals surface area contributed by atoms with Crippen LogP contribution in [0.1, 0.15) is 38.8 Å². The van der Waals surface area contributed by atoms with Gasteiger partial charge in [-0.15, -0.1) is 0 Å². The average molecular weight is 277 g/mol. The molecule has 5 heteroatoms. The molecule has 0 unspecified atom stereocenters. The van der Waals surface area contributed by atoms with Crippen LogP contribution in [-0.4, -0.2) is 25.4 Å². The summed E-state index contributed by atoms with van der Waals surface area (Å²) < 4.78 is 17.6. The second-order valence-electron chi connectivity index (χ2n) is 6.31. The Morgan fingerprint density at radius 3 is 2.15 bits per heavy atom. The molecule has 1 heterocycles. The van der Waals surface area contributed by atoms with Crippen LogP contribution < -0.4 is 15.9 Å². The van der Waals surface area contributed by atoms with E-state index >= 15 is 0 Å². The summed E-state index contributed by atoms with van der Waals surface area (Å²) >= 11 is 0. The number of benzene rings is 1. The third kappa shape index (κ3) is 2.46. The first-order valence-electron chi connectivity index (χ1n) is 6.95. The van der Waals surface area contributed by atoms with Gasteiger partial charge in [0.05, 0.1) is 18.3 Å². The number of hydrogen-bond donors (Lipinski definition) is 1. The maximum absolute atomic E-state index is 6.07. The standard InChI is InChI=1S/C15H24BNO3/c1-10-7-11(8-13(18-6)12(10)9-17)16-19-14(2,3)15(4,5)20-16/h7-8H,9,17H2,1-6H3. The normalized spacial score (nSPS) is 20.2. The van der Waals surface area contributed by atoms with Gasteiger partial charge in [0.15, 0.2) is 0 Å². The van der Waals surface area contributed by atoms with Crippen molar-refractivity contribution in [3.8, 4) is 5.75 Å². The topological polar surface area (TPSA) is 53.7 Å². The van der Waals surface area contributed by atoms with Crippen molar-refractivity contribution in [3.63, 3.8) is 0 Å². The molecule has 1 aliphatic rings. The van der Waals surface area contributed by atoms with Crippen molar-refractivity contribution < 1.29 is 14.0 Å². The van der Waals surface area contributed by atoms with E-state index in [4.69, 9.17) is 19.8 Å². The minimum atomic E-state index is -0.376. The highest BCUT2D eigenvalue weighted by molar-refractivity contribution is 6.62. The Morgan fingerprint density at radius 1 is 1.15 bits per heavy atom. The lowest BCUT2D eigenvalue weighted by atomic mass is 9.77. The maximum Gasteiger partial charge on any atom is 0.494 e. The summed E-state index contributed by atoms with van der Waals surface area (Å²) in [5.41, 5.74) is 8.17. The van der Waals surface area contributed by atoms with Crippen molar-refractivity contribution in [1.82, 2.24) is 0 Å². The molecule has 2 rings (SSSR count). The summed E-state index contributed by atoms with van der Waals surface area (Å²) in [6.45, 7) is 10.7. The first-order chi connectivity index (χ1) is 9.21. The molecule has 0 atom stereocenters. The quantitative estimate of drug-likeness (QED) is 0.855. The molecule has 2 N–H and O–H groups in total. The van der Waals surface area contributed by atoms with Gasteiger partial charge in [-0.2, -0.15) is 0 Å². The highest BCUT2D eigenvalue weighted by atomic mass is 16.7. The average Bonchev–Trinajstić information content (AvgIpc) is 2.57. The third-order valence-electron chi connectivity index (χ3n) is 4.40. The van der Waals surface area contributed by atoms with E-state index in [-0.39, 0.29) is 18.3 Å². The Kier molecular flexibility index (Phi) is 3.89. The van der Waals surface area contributed by atoms with E-state index in [1.165, 1.54) is 0 Å². The minimum absolute atomic E-state index is 0.342. The smallest absolute Gasteiger partial charge is 0.494 e. The van der Waals surface area contributed by atoms with E-state index in [0.717, 1.165) is 22.3 Å². The fourth-order valence-corrected chi connectivity index (χ4v) is 2.37. The van der Waals surface area contributed by atoms with Crippen LogP contribution >= 0.6 is 0 Å². The molecular formula is C15H24BNO3. The van der Waals surface area contributed by atoms with Crippen molar-refractivity contribution in [2.45, 2.75) is 52.4 Å². The van der Waals surface area contributed by atoms with E-state index in [1.807, 2.05) is 40.7 Å². The van der Waals surface area contributed by atoms with Gasteiger partial charge in [-0.1, -0.05) is 6.07 Å². The number of hydrogen-bond acceptors (Lipinski definition) is 4. The van der Waals surface area contributed by atoms with Crippen LogP contribution in [0.2, 0.25) is 0 Å². The number of aryl methyl sites for hydroxylation is 1. The Bertz CT molecular complexity index is 498. The second kappa shape index (κ2) is 5.06. The molecule has 0 spiro atoms. The van der Waals surface area contributed by atoms with Gasteiger partial charge in [-0.05, 0) is 51.7 Å². The van der Waals surface area contributed by atoms with Crippen molar-refractivity contribution in [1.29, 1.82) is 0 Å². The molecule has 1 aromatic carbocycles. The zero-order chi connectivity index (χ0) is 15.1. The molecule has 1 aromatic rings. The minimum Gasteiger partial charge on any atom is -0.496 e. The van der Waals surface area contributed by atoms with Crippen LogP contribution in [0.25, 0.3) is 0 Å². The molecule has 0 radical (unpaired) electrons. The summed E-state index contributed by atoms with van der Waals surface area (Å²) in [7, 11) is 1.28. The lowest BCUT2D eigenvalue weighted by Crippen LogP contribution is -2.41. The van der Waals surface area contributed by atoms with Crippen molar-refractivity contribution >= 4 is 12.6 Å². The zero-order valence-corrected chi connectivity index (χ0v) is 13.2. The summed E-state index contributed by atoms with van der Waals surface area (Å²) in [5, 5.41) is 0. The van der Waals surface area contributed by atoms with Gasteiger partial charge >= 0.3 is 7.12 Å².